The van der Waals surface area contributed by atoms with Crippen molar-refractivity contribution >= 4 is 17.3 Å². The number of nitro benzene ring substituents is 1. The maximum atomic E-state index is 13.3. The van der Waals surface area contributed by atoms with E-state index in [2.05, 4.69) is 0 Å². The number of ether oxygens (including phenoxy) is 1. The third kappa shape index (κ3) is 3.55. The van der Waals surface area contributed by atoms with Crippen LogP contribution >= 0.6 is 11.6 Å². The second-order valence-corrected chi connectivity index (χ2v) is 4.75. The van der Waals surface area contributed by atoms with Crippen LogP contribution in [0.15, 0.2) is 42.0 Å². The molecule has 0 saturated heterocycles. The quantitative estimate of drug-likeness (QED) is 0.684. The van der Waals surface area contributed by atoms with Gasteiger partial charge >= 0.3 is 0 Å². The van der Waals surface area contributed by atoms with Crippen LogP contribution in [-0.2, 0) is 0 Å². The molecule has 106 valence electrons. The highest BCUT2D eigenvalue weighted by Gasteiger charge is 2.26. The second kappa shape index (κ2) is 5.60. The van der Waals surface area contributed by atoms with Gasteiger partial charge in [0.05, 0.1) is 9.95 Å². The molecule has 0 heterocycles. The van der Waals surface area contributed by atoms with Crippen molar-refractivity contribution in [2.24, 2.45) is 0 Å². The van der Waals surface area contributed by atoms with E-state index >= 15 is 0 Å². The van der Waals surface area contributed by atoms with Gasteiger partial charge in [-0.25, -0.2) is 4.39 Å². The summed E-state index contributed by atoms with van der Waals surface area (Å²) in [7, 11) is 0. The molecular formula is C13H11ClFNO4. The van der Waals surface area contributed by atoms with Crippen LogP contribution in [0.2, 0.25) is 5.02 Å². The van der Waals surface area contributed by atoms with E-state index in [1.54, 1.807) is 6.08 Å². The molecule has 7 heteroatoms. The van der Waals surface area contributed by atoms with E-state index in [1.165, 1.54) is 24.3 Å². The summed E-state index contributed by atoms with van der Waals surface area (Å²) in [5.41, 5.74) is 0.409. The fourth-order valence-electron chi connectivity index (χ4n) is 1.76. The Labute approximate surface area is 119 Å². The van der Waals surface area contributed by atoms with E-state index in [1.807, 2.05) is 0 Å². The summed E-state index contributed by atoms with van der Waals surface area (Å²) < 4.78 is 18.7. The number of allylic oxidation sites excluding steroid dienone is 2. The lowest BCUT2D eigenvalue weighted by molar-refractivity contribution is -0.384. The number of hydrogen-bond acceptors (Lipinski definition) is 4. The molecule has 0 aliphatic heterocycles. The van der Waals surface area contributed by atoms with Crippen LogP contribution in [0.5, 0.6) is 5.75 Å². The van der Waals surface area contributed by atoms with Crippen molar-refractivity contribution in [2.75, 3.05) is 6.61 Å². The van der Waals surface area contributed by atoms with Gasteiger partial charge in [-0.05, 0) is 17.7 Å². The van der Waals surface area contributed by atoms with Crippen molar-refractivity contribution in [1.82, 2.24) is 0 Å². The van der Waals surface area contributed by atoms with E-state index in [4.69, 9.17) is 16.3 Å². The van der Waals surface area contributed by atoms with Crippen LogP contribution in [-0.4, -0.2) is 22.5 Å². The molecular weight excluding hydrogens is 289 g/mol. The third-order valence-electron chi connectivity index (χ3n) is 2.70. The summed E-state index contributed by atoms with van der Waals surface area (Å²) in [4.78, 5) is 10.00. The van der Waals surface area contributed by atoms with E-state index in [0.29, 0.717) is 5.57 Å². The first-order chi connectivity index (χ1) is 9.37. The van der Waals surface area contributed by atoms with Gasteiger partial charge in [0.2, 0.25) is 5.85 Å². The smallest absolute Gasteiger partial charge is 0.271 e. The minimum absolute atomic E-state index is 0.0358. The predicted octanol–water partition coefficient (Wildman–Crippen LogP) is 3.17. The Morgan fingerprint density at radius 2 is 2.30 bits per heavy atom. The standard InChI is InChI=1S/C13H11ClFNO4/c14-11-6-10(16(18)19)3-4-12(11)20-8-9-2-1-5-13(15,17)7-9/h1-6,17H,7-8H2. The fraction of sp³-hybridized carbons (Fsp3) is 0.231. The summed E-state index contributed by atoms with van der Waals surface area (Å²) in [6.45, 7) is 0.0358. The summed E-state index contributed by atoms with van der Waals surface area (Å²) >= 11 is 5.86. The van der Waals surface area contributed by atoms with Gasteiger partial charge in [-0.2, -0.15) is 0 Å². The van der Waals surface area contributed by atoms with Gasteiger partial charge in [-0.3, -0.25) is 10.1 Å². The first-order valence-corrected chi connectivity index (χ1v) is 6.10. The zero-order valence-electron chi connectivity index (χ0n) is 10.3. The van der Waals surface area contributed by atoms with Gasteiger partial charge in [-0.15, -0.1) is 0 Å². The monoisotopic (exact) mass is 299 g/mol. The molecule has 1 aliphatic carbocycles. The molecule has 0 saturated carbocycles. The van der Waals surface area contributed by atoms with E-state index in [0.717, 1.165) is 6.08 Å². The molecule has 1 aromatic carbocycles. The van der Waals surface area contributed by atoms with Gasteiger partial charge in [0, 0.05) is 18.6 Å². The molecule has 0 radical (unpaired) electrons. The first kappa shape index (κ1) is 14.5. The molecule has 20 heavy (non-hydrogen) atoms. The zero-order chi connectivity index (χ0) is 14.8. The molecule has 0 aromatic heterocycles. The van der Waals surface area contributed by atoms with Crippen molar-refractivity contribution in [3.8, 4) is 5.75 Å². The number of halogens is 2. The number of aliphatic hydroxyl groups is 1. The largest absolute Gasteiger partial charge is 0.488 e. The topological polar surface area (TPSA) is 72.6 Å². The van der Waals surface area contributed by atoms with E-state index in [-0.39, 0.29) is 29.5 Å². The van der Waals surface area contributed by atoms with Crippen LogP contribution in [0.25, 0.3) is 0 Å². The second-order valence-electron chi connectivity index (χ2n) is 4.34. The van der Waals surface area contributed by atoms with Gasteiger partial charge in [0.15, 0.2) is 0 Å². The van der Waals surface area contributed by atoms with Crippen molar-refractivity contribution in [1.29, 1.82) is 0 Å². The number of hydrogen-bond donors (Lipinski definition) is 1. The molecule has 0 bridgehead atoms. The number of nitro groups is 1. The molecule has 5 nitrogen and oxygen atoms in total. The minimum atomic E-state index is -2.37. The normalized spacial score (nSPS) is 21.4. The van der Waals surface area contributed by atoms with Crippen molar-refractivity contribution < 1.29 is 19.2 Å². The molecule has 0 fully saturated rings. The number of alkyl halides is 1. The highest BCUT2D eigenvalue weighted by molar-refractivity contribution is 6.32. The maximum absolute atomic E-state index is 13.3. The Morgan fingerprint density at radius 3 is 2.90 bits per heavy atom. The Morgan fingerprint density at radius 1 is 1.55 bits per heavy atom. The molecule has 1 atom stereocenters. The maximum Gasteiger partial charge on any atom is 0.271 e. The van der Waals surface area contributed by atoms with Gasteiger partial charge in [0.25, 0.3) is 5.69 Å². The molecule has 2 rings (SSSR count). The molecule has 1 aromatic rings. The Balaban J connectivity index is 2.03. The predicted molar refractivity (Wildman–Crippen MR) is 71.5 cm³/mol. The highest BCUT2D eigenvalue weighted by Crippen LogP contribution is 2.30. The van der Waals surface area contributed by atoms with Crippen LogP contribution in [0, 0.1) is 10.1 Å². The first-order valence-electron chi connectivity index (χ1n) is 5.73. The van der Waals surface area contributed by atoms with Crippen molar-refractivity contribution in [2.45, 2.75) is 12.3 Å². The lowest BCUT2D eigenvalue weighted by Gasteiger charge is -2.20. The lowest BCUT2D eigenvalue weighted by atomic mass is 10.0. The van der Waals surface area contributed by atoms with Gasteiger partial charge in [0.1, 0.15) is 12.4 Å². The summed E-state index contributed by atoms with van der Waals surface area (Å²) in [6, 6.07) is 3.82. The van der Waals surface area contributed by atoms with Gasteiger partial charge < -0.3 is 9.84 Å². The zero-order valence-corrected chi connectivity index (χ0v) is 11.0. The third-order valence-corrected chi connectivity index (χ3v) is 2.99. The van der Waals surface area contributed by atoms with Crippen molar-refractivity contribution in [3.63, 3.8) is 0 Å². The number of nitrogens with zero attached hydrogens (tertiary/aromatic N) is 1. The van der Waals surface area contributed by atoms with E-state index in [9.17, 15) is 19.6 Å². The van der Waals surface area contributed by atoms with Crippen LogP contribution in [0.3, 0.4) is 0 Å². The summed E-state index contributed by atoms with van der Waals surface area (Å²) in [5, 5.41) is 19.9. The fourth-order valence-corrected chi connectivity index (χ4v) is 1.99. The summed E-state index contributed by atoms with van der Waals surface area (Å²) in [5.74, 6) is -2.11. The number of rotatable bonds is 4. The molecule has 1 N–H and O–H groups in total. The Hall–Kier alpha value is -1.92. The van der Waals surface area contributed by atoms with Crippen molar-refractivity contribution in [3.05, 3.63) is 57.1 Å². The number of benzene rings is 1. The number of non-ortho nitro benzene ring substituents is 1. The highest BCUT2D eigenvalue weighted by atomic mass is 35.5. The molecule has 1 aliphatic rings. The molecule has 0 spiro atoms. The summed E-state index contributed by atoms with van der Waals surface area (Å²) in [6.07, 6.45) is 3.90. The van der Waals surface area contributed by atoms with Crippen LogP contribution < -0.4 is 4.74 Å². The molecule has 0 amide bonds. The SMILES string of the molecule is O=[N+]([O-])c1ccc(OCC2=CC=CC(O)(F)C2)c(Cl)c1. The Kier molecular flexibility index (Phi) is 4.06. The van der Waals surface area contributed by atoms with Crippen LogP contribution in [0.1, 0.15) is 6.42 Å². The average molecular weight is 300 g/mol. The van der Waals surface area contributed by atoms with Gasteiger partial charge in [-0.1, -0.05) is 23.8 Å². The molecule has 1 unspecified atom stereocenters. The van der Waals surface area contributed by atoms with Crippen LogP contribution in [0.4, 0.5) is 10.1 Å². The lowest BCUT2D eigenvalue weighted by Crippen LogP contribution is -2.23. The minimum Gasteiger partial charge on any atom is -0.488 e. The van der Waals surface area contributed by atoms with E-state index < -0.39 is 10.8 Å². The Bertz CT molecular complexity index is 598. The average Bonchev–Trinajstić information content (AvgIpc) is 2.36.